The first-order valence-corrected chi connectivity index (χ1v) is 7.65. The lowest BCUT2D eigenvalue weighted by atomic mass is 9.87. The van der Waals surface area contributed by atoms with Crippen molar-refractivity contribution in [3.8, 4) is 0 Å². The molecule has 0 aromatic heterocycles. The third-order valence-electron chi connectivity index (χ3n) is 3.93. The summed E-state index contributed by atoms with van der Waals surface area (Å²) in [7, 11) is 0. The van der Waals surface area contributed by atoms with Gasteiger partial charge in [0.15, 0.2) is 0 Å². The third-order valence-corrected chi connectivity index (χ3v) is 3.93. The van der Waals surface area contributed by atoms with E-state index in [1.165, 1.54) is 4.74 Å². The van der Waals surface area contributed by atoms with Gasteiger partial charge in [0.05, 0.1) is 0 Å². The predicted molar refractivity (Wildman–Crippen MR) is 62.7 cm³/mol. The molecule has 2 nitrogen and oxygen atoms in total. The summed E-state index contributed by atoms with van der Waals surface area (Å²) in [6.07, 6.45) is -23.1. The summed E-state index contributed by atoms with van der Waals surface area (Å²) < 4.78 is 309. The number of hydrogen-bond donors (Lipinski definition) is 0. The Morgan fingerprint density at radius 2 is 0.553 bits per heavy atom. The van der Waals surface area contributed by atoms with Crippen LogP contribution in [0.15, 0.2) is 0 Å². The van der Waals surface area contributed by atoms with Gasteiger partial charge in [0.2, 0.25) is 0 Å². The molecule has 0 heterocycles. The first kappa shape index (κ1) is 35.8. The summed E-state index contributed by atoms with van der Waals surface area (Å²) in [6, 6.07) is 0. The number of hydrogen-bond acceptors (Lipinski definition) is 2. The fourth-order valence-electron chi connectivity index (χ4n) is 1.78. The molecule has 0 spiro atoms. The molecule has 0 aliphatic carbocycles. The molecule has 0 N–H and O–H groups in total. The van der Waals surface area contributed by atoms with Gasteiger partial charge in [-0.3, -0.25) is 0 Å². The van der Waals surface area contributed by atoms with Gasteiger partial charge < -0.3 is 4.74 Å². The van der Waals surface area contributed by atoms with Crippen LogP contribution in [0.1, 0.15) is 0 Å². The zero-order valence-corrected chi connectivity index (χ0v) is 15.9. The minimum absolute atomic E-state index is 1.37. The molecule has 0 rings (SSSR count). The van der Waals surface area contributed by atoms with Crippen LogP contribution in [-0.4, -0.2) is 71.8 Å². The molecule has 0 atom stereocenters. The molecular weight excluding hydrogens is 632 g/mol. The molecule has 0 unspecified atom stereocenters. The van der Waals surface area contributed by atoms with Crippen molar-refractivity contribution in [1.29, 1.82) is 0 Å². The van der Waals surface area contributed by atoms with Crippen LogP contribution >= 0.6 is 0 Å². The van der Waals surface area contributed by atoms with E-state index in [-0.39, 0.29) is 0 Å². The fourth-order valence-corrected chi connectivity index (χ4v) is 1.78. The molecule has 0 aromatic carbocycles. The normalized spacial score (nSPS) is 16.5. The zero-order chi connectivity index (χ0) is 31.8. The maximum Gasteiger partial charge on any atom is 0.491 e. The maximum absolute atomic E-state index is 13.4. The van der Waals surface area contributed by atoms with Gasteiger partial charge in [0, 0.05) is 0 Å². The smallest absolute Gasteiger partial charge is 0.389 e. The average molecular weight is 632 g/mol. The average Bonchev–Trinajstić information content (AvgIpc) is 2.64. The molecule has 0 amide bonds. The quantitative estimate of drug-likeness (QED) is 0.197. The van der Waals surface area contributed by atoms with Crippen molar-refractivity contribution in [3.05, 3.63) is 0 Å². The van der Waals surface area contributed by atoms with Crippen LogP contribution in [0.2, 0.25) is 0 Å². The molecule has 0 saturated carbocycles. The van der Waals surface area contributed by atoms with Crippen molar-refractivity contribution in [3.63, 3.8) is 0 Å². The second kappa shape index (κ2) is 8.64. The van der Waals surface area contributed by atoms with E-state index in [4.69, 9.17) is 0 Å². The molecule has 0 aromatic rings. The summed E-state index contributed by atoms with van der Waals surface area (Å²) in [4.78, 5) is 10.1. The second-order valence-electron chi connectivity index (χ2n) is 6.50. The predicted octanol–water partition coefficient (Wildman–Crippen LogP) is 7.33. The number of carbonyl (C=O) groups is 1. The minimum Gasteiger partial charge on any atom is -0.389 e. The Kier molecular flexibility index (Phi) is 8.14. The number of halogens is 24. The highest BCUT2D eigenvalue weighted by atomic mass is 19.4. The summed E-state index contributed by atoms with van der Waals surface area (Å²) in [5.74, 6) is -77.9. The van der Waals surface area contributed by atoms with E-state index in [9.17, 15) is 110 Å². The van der Waals surface area contributed by atoms with Crippen LogP contribution in [0.5, 0.6) is 0 Å². The summed E-state index contributed by atoms with van der Waals surface area (Å²) >= 11 is 0. The van der Waals surface area contributed by atoms with Gasteiger partial charge in [-0.15, -0.1) is 0 Å². The first-order chi connectivity index (χ1) is 15.9. The lowest BCUT2D eigenvalue weighted by Gasteiger charge is -2.44. The summed E-state index contributed by atoms with van der Waals surface area (Å²) in [5.41, 5.74) is 0. The molecule has 0 aliphatic rings. The highest BCUT2D eigenvalue weighted by Gasteiger charge is 2.98. The monoisotopic (exact) mass is 632 g/mol. The lowest BCUT2D eigenvalue weighted by molar-refractivity contribution is -0.482. The van der Waals surface area contributed by atoms with Crippen molar-refractivity contribution in [2.24, 2.45) is 0 Å². The van der Waals surface area contributed by atoms with E-state index in [2.05, 4.69) is 0 Å². The number of esters is 1. The fraction of sp³-hybridized carbons (Fsp3) is 0.917. The van der Waals surface area contributed by atoms with Gasteiger partial charge in [-0.1, -0.05) is 0 Å². The van der Waals surface area contributed by atoms with Crippen molar-refractivity contribution >= 4 is 5.97 Å². The van der Waals surface area contributed by atoms with E-state index in [1.54, 1.807) is 0 Å². The van der Waals surface area contributed by atoms with Gasteiger partial charge in [-0.2, -0.15) is 105 Å². The van der Waals surface area contributed by atoms with Crippen molar-refractivity contribution in [1.82, 2.24) is 0 Å². The third kappa shape index (κ3) is 4.51. The molecule has 0 bridgehead atoms. The van der Waals surface area contributed by atoms with Crippen molar-refractivity contribution in [2.75, 3.05) is 0 Å². The lowest BCUT2D eigenvalue weighted by Crippen LogP contribution is -2.77. The second-order valence-corrected chi connectivity index (χ2v) is 6.50. The van der Waals surface area contributed by atoms with Crippen LogP contribution in [0.4, 0.5) is 105 Å². The Bertz CT molecular complexity index is 889. The van der Waals surface area contributed by atoms with Crippen molar-refractivity contribution in [2.45, 2.75) is 65.8 Å². The van der Waals surface area contributed by atoms with Gasteiger partial charge in [0.25, 0.3) is 0 Å². The molecule has 26 heteroatoms. The Morgan fingerprint density at radius 1 is 0.342 bits per heavy atom. The van der Waals surface area contributed by atoms with E-state index in [1.807, 2.05) is 0 Å². The van der Waals surface area contributed by atoms with E-state index in [0.29, 0.717) is 0 Å². The van der Waals surface area contributed by atoms with E-state index >= 15 is 0 Å². The molecule has 0 radical (unpaired) electrons. The molecule has 0 aliphatic heterocycles. The van der Waals surface area contributed by atoms with E-state index < -0.39 is 71.8 Å². The Labute approximate surface area is 188 Å². The van der Waals surface area contributed by atoms with Crippen molar-refractivity contribution < 1.29 is 115 Å². The number of alkyl halides is 24. The van der Waals surface area contributed by atoms with Gasteiger partial charge in [0.1, 0.15) is 0 Å². The van der Waals surface area contributed by atoms with Crippen LogP contribution in [0.3, 0.4) is 0 Å². The largest absolute Gasteiger partial charge is 0.491 e. The molecule has 0 saturated heterocycles. The molecule has 38 heavy (non-hydrogen) atoms. The standard InChI is InChI=1S/C12F24O2/c13-2(14,15)1(37)38-12(35,36)10(30,31)8(26,27)6(22,23)4(18,19)3(16,17)5(20,21)7(24,25)9(28,29)11(32,33)34. The molecular formula is C12F24O2. The van der Waals surface area contributed by atoms with Gasteiger partial charge in [-0.25, -0.2) is 4.79 Å². The number of ether oxygens (including phenoxy) is 1. The Hall–Kier alpha value is -2.21. The Balaban J connectivity index is 7.05. The summed E-state index contributed by atoms with van der Waals surface area (Å²) in [5, 5.41) is 0. The number of carbonyl (C=O) groups excluding carboxylic acids is 1. The number of rotatable bonds is 9. The first-order valence-electron chi connectivity index (χ1n) is 7.65. The minimum atomic E-state index is -9.47. The van der Waals surface area contributed by atoms with Crippen LogP contribution in [-0.2, 0) is 9.53 Å². The Morgan fingerprint density at radius 3 is 0.763 bits per heavy atom. The highest BCUT2D eigenvalue weighted by molar-refractivity contribution is 5.76. The summed E-state index contributed by atoms with van der Waals surface area (Å²) in [6.45, 7) is 0. The topological polar surface area (TPSA) is 26.3 Å². The van der Waals surface area contributed by atoms with Gasteiger partial charge >= 0.3 is 71.8 Å². The molecule has 228 valence electrons. The van der Waals surface area contributed by atoms with Crippen LogP contribution in [0, 0.1) is 0 Å². The molecule has 0 fully saturated rings. The van der Waals surface area contributed by atoms with Gasteiger partial charge in [-0.05, 0) is 0 Å². The SMILES string of the molecule is O=C(OC(F)(F)C(F)(F)C(F)(F)C(F)(F)C(F)(F)C(F)(F)C(F)(F)C(F)(F)C(F)(F)C(F)(F)F)C(F)(F)F. The zero-order valence-electron chi connectivity index (χ0n) is 15.9. The van der Waals surface area contributed by atoms with Crippen LogP contribution in [0.25, 0.3) is 0 Å². The maximum atomic E-state index is 13.4. The van der Waals surface area contributed by atoms with E-state index in [0.717, 1.165) is 0 Å². The highest BCUT2D eigenvalue weighted by Crippen LogP contribution is 2.66. The van der Waals surface area contributed by atoms with Crippen LogP contribution < -0.4 is 0 Å².